The summed E-state index contributed by atoms with van der Waals surface area (Å²) in [5, 5.41) is 3.23. The van der Waals surface area contributed by atoms with Gasteiger partial charge < -0.3 is 14.6 Å². The zero-order valence-corrected chi connectivity index (χ0v) is 17.8. The van der Waals surface area contributed by atoms with Crippen LogP contribution in [0.3, 0.4) is 0 Å². The van der Waals surface area contributed by atoms with Crippen molar-refractivity contribution in [2.24, 2.45) is 0 Å². The Morgan fingerprint density at radius 3 is 2.25 bits per heavy atom. The summed E-state index contributed by atoms with van der Waals surface area (Å²) in [6.45, 7) is 2.25. The minimum Gasteiger partial charge on any atom is -0.467 e. The number of piperidine rings is 1. The Morgan fingerprint density at radius 2 is 1.56 bits per heavy atom. The number of carbonyl (C=O) groups is 2. The zero-order chi connectivity index (χ0) is 21.9. The van der Waals surface area contributed by atoms with E-state index in [0.717, 1.165) is 18.8 Å². The second-order valence-corrected chi connectivity index (χ2v) is 8.11. The fraction of sp³-hybridized carbons (Fsp3) is 0.231. The van der Waals surface area contributed by atoms with Crippen molar-refractivity contribution in [2.45, 2.75) is 25.8 Å². The van der Waals surface area contributed by atoms with Crippen LogP contribution in [0.5, 0.6) is 0 Å². The maximum absolute atomic E-state index is 13.3. The van der Waals surface area contributed by atoms with Gasteiger partial charge in [0.15, 0.2) is 0 Å². The fourth-order valence-corrected chi connectivity index (χ4v) is 4.32. The molecule has 0 saturated carbocycles. The molecule has 0 atom stereocenters. The number of rotatable bonds is 6. The lowest BCUT2D eigenvalue weighted by atomic mass is 10.0. The van der Waals surface area contributed by atoms with E-state index >= 15 is 0 Å². The van der Waals surface area contributed by atoms with Gasteiger partial charge in [0.2, 0.25) is 0 Å². The maximum Gasteiger partial charge on any atom is 0.278 e. The van der Waals surface area contributed by atoms with E-state index < -0.39 is 0 Å². The van der Waals surface area contributed by atoms with Crippen molar-refractivity contribution >= 4 is 28.8 Å². The lowest BCUT2D eigenvalue weighted by Gasteiger charge is -2.28. The smallest absolute Gasteiger partial charge is 0.278 e. The molecule has 1 aromatic heterocycles. The van der Waals surface area contributed by atoms with Gasteiger partial charge in [0.05, 0.1) is 18.4 Å². The number of carbonyl (C=O) groups excluding carboxylic acids is 2. The van der Waals surface area contributed by atoms with Gasteiger partial charge in [-0.05, 0) is 61.2 Å². The van der Waals surface area contributed by atoms with Crippen LogP contribution in [-0.2, 0) is 16.1 Å². The van der Waals surface area contributed by atoms with E-state index in [9.17, 15) is 9.59 Å². The third kappa shape index (κ3) is 3.91. The van der Waals surface area contributed by atoms with Crippen molar-refractivity contribution in [1.29, 1.82) is 0 Å². The van der Waals surface area contributed by atoms with Crippen LogP contribution in [0.2, 0.25) is 0 Å². The van der Waals surface area contributed by atoms with Gasteiger partial charge in [-0.1, -0.05) is 30.3 Å². The number of imide groups is 1. The summed E-state index contributed by atoms with van der Waals surface area (Å²) >= 11 is 0. The van der Waals surface area contributed by atoms with Crippen LogP contribution in [0.25, 0.3) is 5.57 Å². The first kappa shape index (κ1) is 20.1. The molecule has 162 valence electrons. The van der Waals surface area contributed by atoms with Gasteiger partial charge in [-0.3, -0.25) is 14.5 Å². The molecule has 5 rings (SSSR count). The molecular weight excluding hydrogens is 402 g/mol. The van der Waals surface area contributed by atoms with Crippen molar-refractivity contribution in [1.82, 2.24) is 4.90 Å². The van der Waals surface area contributed by atoms with E-state index in [1.165, 1.54) is 36.1 Å². The van der Waals surface area contributed by atoms with Gasteiger partial charge in [0.1, 0.15) is 11.5 Å². The number of anilines is 2. The second kappa shape index (κ2) is 8.75. The molecule has 3 aromatic rings. The molecule has 1 saturated heterocycles. The lowest BCUT2D eigenvalue weighted by molar-refractivity contribution is -0.137. The largest absolute Gasteiger partial charge is 0.467 e. The standard InChI is InChI=1S/C26H25N3O3/c30-25-23(19-8-3-1-4-9-19)24(26(31)29(25)18-22-10-7-17-32-22)27-20-11-13-21(14-12-20)28-15-5-2-6-16-28/h1,3-4,7-14,17,27H,2,5-6,15-16,18H2. The number of amides is 2. The number of nitrogens with zero attached hydrogens (tertiary/aromatic N) is 2. The number of hydrogen-bond donors (Lipinski definition) is 1. The third-order valence-electron chi connectivity index (χ3n) is 5.98. The first-order valence-corrected chi connectivity index (χ1v) is 11.0. The molecule has 3 heterocycles. The second-order valence-electron chi connectivity index (χ2n) is 8.11. The van der Waals surface area contributed by atoms with Crippen molar-refractivity contribution in [3.8, 4) is 0 Å². The lowest BCUT2D eigenvalue weighted by Crippen LogP contribution is -2.31. The quantitative estimate of drug-likeness (QED) is 0.580. The van der Waals surface area contributed by atoms with E-state index in [-0.39, 0.29) is 18.4 Å². The molecular formula is C26H25N3O3. The molecule has 6 nitrogen and oxygen atoms in total. The summed E-state index contributed by atoms with van der Waals surface area (Å²) in [5.41, 5.74) is 3.33. The molecule has 0 radical (unpaired) electrons. The molecule has 0 unspecified atom stereocenters. The minimum absolute atomic E-state index is 0.0973. The maximum atomic E-state index is 13.3. The van der Waals surface area contributed by atoms with Gasteiger partial charge in [-0.25, -0.2) is 0 Å². The Balaban J connectivity index is 1.44. The average Bonchev–Trinajstić information content (AvgIpc) is 3.44. The van der Waals surface area contributed by atoms with Crippen LogP contribution in [-0.4, -0.2) is 29.8 Å². The summed E-state index contributed by atoms with van der Waals surface area (Å²) in [6, 6.07) is 20.9. The van der Waals surface area contributed by atoms with Gasteiger partial charge >= 0.3 is 0 Å². The molecule has 2 aliphatic rings. The minimum atomic E-state index is -0.356. The molecule has 32 heavy (non-hydrogen) atoms. The zero-order valence-electron chi connectivity index (χ0n) is 17.8. The first-order chi connectivity index (χ1) is 15.7. The van der Waals surface area contributed by atoms with Gasteiger partial charge in [0.25, 0.3) is 11.8 Å². The average molecular weight is 428 g/mol. The molecule has 0 bridgehead atoms. The van der Waals surface area contributed by atoms with Gasteiger partial charge in [0, 0.05) is 24.5 Å². The molecule has 0 spiro atoms. The summed E-state index contributed by atoms with van der Waals surface area (Å²) in [6.07, 6.45) is 5.26. The summed E-state index contributed by atoms with van der Waals surface area (Å²) < 4.78 is 5.37. The highest BCUT2D eigenvalue weighted by Gasteiger charge is 2.39. The summed E-state index contributed by atoms with van der Waals surface area (Å²) in [5.74, 6) is -0.123. The summed E-state index contributed by atoms with van der Waals surface area (Å²) in [7, 11) is 0. The Kier molecular flexibility index (Phi) is 5.50. The van der Waals surface area contributed by atoms with E-state index in [0.29, 0.717) is 22.6 Å². The van der Waals surface area contributed by atoms with Crippen LogP contribution in [0.4, 0.5) is 11.4 Å². The van der Waals surface area contributed by atoms with E-state index in [1.54, 1.807) is 12.1 Å². The van der Waals surface area contributed by atoms with E-state index in [1.807, 2.05) is 42.5 Å². The number of furan rings is 1. The number of benzene rings is 2. The molecule has 2 aliphatic heterocycles. The predicted octanol–water partition coefficient (Wildman–Crippen LogP) is 4.66. The highest BCUT2D eigenvalue weighted by atomic mass is 16.3. The normalized spacial score (nSPS) is 16.8. The van der Waals surface area contributed by atoms with Crippen LogP contribution in [0.15, 0.2) is 83.1 Å². The Labute approximate surface area is 187 Å². The molecule has 1 N–H and O–H groups in total. The SMILES string of the molecule is O=C1C(Nc2ccc(N3CCCCC3)cc2)=C(c2ccccc2)C(=O)N1Cc1ccco1. The van der Waals surface area contributed by atoms with Crippen LogP contribution < -0.4 is 10.2 Å². The van der Waals surface area contributed by atoms with Crippen molar-refractivity contribution < 1.29 is 14.0 Å². The predicted molar refractivity (Wildman–Crippen MR) is 124 cm³/mol. The first-order valence-electron chi connectivity index (χ1n) is 11.0. The van der Waals surface area contributed by atoms with Crippen molar-refractivity contribution in [3.05, 3.63) is 90.0 Å². The van der Waals surface area contributed by atoms with Gasteiger partial charge in [-0.2, -0.15) is 0 Å². The van der Waals surface area contributed by atoms with Crippen molar-refractivity contribution in [2.75, 3.05) is 23.3 Å². The van der Waals surface area contributed by atoms with Gasteiger partial charge in [-0.15, -0.1) is 0 Å². The van der Waals surface area contributed by atoms with E-state index in [4.69, 9.17) is 4.42 Å². The number of nitrogens with one attached hydrogen (secondary N) is 1. The highest BCUT2D eigenvalue weighted by molar-refractivity contribution is 6.36. The van der Waals surface area contributed by atoms with Crippen LogP contribution >= 0.6 is 0 Å². The molecule has 2 aromatic carbocycles. The Hall–Kier alpha value is -3.80. The molecule has 2 amide bonds. The van der Waals surface area contributed by atoms with Crippen molar-refractivity contribution in [3.63, 3.8) is 0 Å². The van der Waals surface area contributed by atoms with Crippen LogP contribution in [0.1, 0.15) is 30.6 Å². The Morgan fingerprint density at radius 1 is 0.812 bits per heavy atom. The number of hydrogen-bond acceptors (Lipinski definition) is 5. The molecule has 0 aliphatic carbocycles. The monoisotopic (exact) mass is 427 g/mol. The highest BCUT2D eigenvalue weighted by Crippen LogP contribution is 2.32. The molecule has 1 fully saturated rings. The third-order valence-corrected chi connectivity index (χ3v) is 5.98. The topological polar surface area (TPSA) is 65.8 Å². The van der Waals surface area contributed by atoms with E-state index in [2.05, 4.69) is 22.3 Å². The summed E-state index contributed by atoms with van der Waals surface area (Å²) in [4.78, 5) is 30.2. The Bertz CT molecular complexity index is 1130. The van der Waals surface area contributed by atoms with Crippen LogP contribution in [0, 0.1) is 0 Å². The fourth-order valence-electron chi connectivity index (χ4n) is 4.32. The molecule has 6 heteroatoms.